The normalized spacial score (nSPS) is 31.5. The van der Waals surface area contributed by atoms with E-state index in [9.17, 15) is 0 Å². The Morgan fingerprint density at radius 2 is 2.26 bits per heavy atom. The Bertz CT molecular complexity index is 508. The largest absolute Gasteiger partial charge is 0.380 e. The quantitative estimate of drug-likeness (QED) is 0.835. The lowest BCUT2D eigenvalue weighted by atomic mass is 9.73. The van der Waals surface area contributed by atoms with Crippen LogP contribution in [0.4, 0.5) is 5.82 Å². The second-order valence-electron chi connectivity index (χ2n) is 7.42. The van der Waals surface area contributed by atoms with Gasteiger partial charge in [-0.25, -0.2) is 9.97 Å². The van der Waals surface area contributed by atoms with Crippen LogP contribution in [0.25, 0.3) is 0 Å². The number of hydrogen-bond acceptors (Lipinski definition) is 5. The molecule has 3 fully saturated rings. The standard InChI is InChI=1S/C18H27N3O2/c1-3-15(4-1)11-22-13-18-7-2-10-23-16(18)6-9-21(12-18)17-5-8-19-14-20-17/h5,8,14-16H,1-4,6-7,9-13H2/t16-,18+/m1/s1. The zero-order chi connectivity index (χ0) is 15.5. The molecule has 1 saturated carbocycles. The number of fused-ring (bicyclic) bond motifs is 1. The molecule has 2 atom stereocenters. The highest BCUT2D eigenvalue weighted by Gasteiger charge is 2.46. The van der Waals surface area contributed by atoms with Crippen LogP contribution in [0, 0.1) is 11.3 Å². The molecule has 0 bridgehead atoms. The van der Waals surface area contributed by atoms with Gasteiger partial charge in [-0.3, -0.25) is 0 Å². The highest BCUT2D eigenvalue weighted by molar-refractivity contribution is 5.38. The van der Waals surface area contributed by atoms with Crippen molar-refractivity contribution in [2.45, 2.75) is 44.6 Å². The van der Waals surface area contributed by atoms with Gasteiger partial charge in [0.05, 0.1) is 12.7 Å². The van der Waals surface area contributed by atoms with Crippen LogP contribution in [0.1, 0.15) is 38.5 Å². The Morgan fingerprint density at radius 3 is 3.04 bits per heavy atom. The van der Waals surface area contributed by atoms with Crippen LogP contribution in [0.5, 0.6) is 0 Å². The van der Waals surface area contributed by atoms with E-state index in [-0.39, 0.29) is 5.41 Å². The van der Waals surface area contributed by atoms with E-state index in [1.165, 1.54) is 25.7 Å². The molecule has 126 valence electrons. The molecular weight excluding hydrogens is 290 g/mol. The van der Waals surface area contributed by atoms with Crippen LogP contribution in [-0.2, 0) is 9.47 Å². The molecule has 1 aliphatic carbocycles. The molecule has 0 spiro atoms. The zero-order valence-corrected chi connectivity index (χ0v) is 13.8. The molecule has 5 nitrogen and oxygen atoms in total. The first kappa shape index (κ1) is 15.3. The summed E-state index contributed by atoms with van der Waals surface area (Å²) in [6.07, 6.45) is 11.3. The summed E-state index contributed by atoms with van der Waals surface area (Å²) in [7, 11) is 0. The van der Waals surface area contributed by atoms with Gasteiger partial charge in [0.15, 0.2) is 0 Å². The van der Waals surface area contributed by atoms with E-state index in [0.29, 0.717) is 6.10 Å². The molecule has 0 radical (unpaired) electrons. The second-order valence-corrected chi connectivity index (χ2v) is 7.42. The number of nitrogens with zero attached hydrogens (tertiary/aromatic N) is 3. The monoisotopic (exact) mass is 317 g/mol. The van der Waals surface area contributed by atoms with Crippen molar-refractivity contribution in [2.75, 3.05) is 37.8 Å². The Kier molecular flexibility index (Phi) is 4.49. The van der Waals surface area contributed by atoms with Crippen LogP contribution < -0.4 is 4.90 Å². The third-order valence-electron chi connectivity index (χ3n) is 5.85. The van der Waals surface area contributed by atoms with Crippen molar-refractivity contribution in [3.8, 4) is 0 Å². The van der Waals surface area contributed by atoms with E-state index in [1.54, 1.807) is 6.33 Å². The highest BCUT2D eigenvalue weighted by atomic mass is 16.5. The first-order valence-corrected chi connectivity index (χ1v) is 9.06. The third kappa shape index (κ3) is 3.22. The Labute approximate surface area is 138 Å². The summed E-state index contributed by atoms with van der Waals surface area (Å²) in [6, 6.07) is 2.01. The van der Waals surface area contributed by atoms with Crippen molar-refractivity contribution in [3.63, 3.8) is 0 Å². The molecular formula is C18H27N3O2. The average Bonchev–Trinajstić information content (AvgIpc) is 2.57. The highest BCUT2D eigenvalue weighted by Crippen LogP contribution is 2.41. The fourth-order valence-electron chi connectivity index (χ4n) is 4.26. The molecule has 2 saturated heterocycles. The van der Waals surface area contributed by atoms with Gasteiger partial charge in [-0.05, 0) is 44.1 Å². The van der Waals surface area contributed by atoms with Crippen LogP contribution >= 0.6 is 0 Å². The average molecular weight is 317 g/mol. The fourth-order valence-corrected chi connectivity index (χ4v) is 4.26. The first-order chi connectivity index (χ1) is 11.4. The molecule has 0 aromatic carbocycles. The van der Waals surface area contributed by atoms with Crippen molar-refractivity contribution >= 4 is 5.82 Å². The van der Waals surface area contributed by atoms with Gasteiger partial charge < -0.3 is 14.4 Å². The number of piperidine rings is 1. The summed E-state index contributed by atoms with van der Waals surface area (Å²) in [5.41, 5.74) is 0.130. The maximum Gasteiger partial charge on any atom is 0.131 e. The predicted molar refractivity (Wildman–Crippen MR) is 88.4 cm³/mol. The molecule has 3 aliphatic rings. The van der Waals surface area contributed by atoms with E-state index in [1.807, 2.05) is 12.3 Å². The number of anilines is 1. The molecule has 1 aromatic rings. The SMILES string of the molecule is c1cc(N2CC[C@H]3OCCC[C@@]3(COCC3CCC3)C2)ncn1. The number of hydrogen-bond donors (Lipinski definition) is 0. The van der Waals surface area contributed by atoms with E-state index in [4.69, 9.17) is 9.47 Å². The Hall–Kier alpha value is -1.20. The van der Waals surface area contributed by atoms with Crippen LogP contribution in [0.15, 0.2) is 18.6 Å². The first-order valence-electron chi connectivity index (χ1n) is 9.06. The van der Waals surface area contributed by atoms with Crippen LogP contribution in [-0.4, -0.2) is 49.0 Å². The van der Waals surface area contributed by atoms with Crippen molar-refractivity contribution in [1.82, 2.24) is 9.97 Å². The number of ether oxygens (including phenoxy) is 2. The van der Waals surface area contributed by atoms with Gasteiger partial charge in [0.2, 0.25) is 0 Å². The maximum absolute atomic E-state index is 6.18. The topological polar surface area (TPSA) is 47.5 Å². The summed E-state index contributed by atoms with van der Waals surface area (Å²) in [4.78, 5) is 10.9. The van der Waals surface area contributed by atoms with Crippen LogP contribution in [0.3, 0.4) is 0 Å². The van der Waals surface area contributed by atoms with Gasteiger partial charge in [0, 0.05) is 37.9 Å². The Balaban J connectivity index is 1.44. The lowest BCUT2D eigenvalue weighted by molar-refractivity contribution is -0.129. The third-order valence-corrected chi connectivity index (χ3v) is 5.85. The molecule has 0 amide bonds. The van der Waals surface area contributed by atoms with Crippen molar-refractivity contribution in [2.24, 2.45) is 11.3 Å². The van der Waals surface area contributed by atoms with E-state index >= 15 is 0 Å². The summed E-state index contributed by atoms with van der Waals surface area (Å²) >= 11 is 0. The predicted octanol–water partition coefficient (Wildman–Crippen LogP) is 2.67. The van der Waals surface area contributed by atoms with Crippen LogP contribution in [0.2, 0.25) is 0 Å². The molecule has 0 unspecified atom stereocenters. The van der Waals surface area contributed by atoms with E-state index in [2.05, 4.69) is 14.9 Å². The van der Waals surface area contributed by atoms with E-state index in [0.717, 1.165) is 57.5 Å². The van der Waals surface area contributed by atoms with Crippen molar-refractivity contribution in [1.29, 1.82) is 0 Å². The van der Waals surface area contributed by atoms with Gasteiger partial charge in [-0.2, -0.15) is 0 Å². The summed E-state index contributed by atoms with van der Waals surface area (Å²) in [6.45, 7) is 4.66. The van der Waals surface area contributed by atoms with Gasteiger partial charge in [0.25, 0.3) is 0 Å². The maximum atomic E-state index is 6.18. The van der Waals surface area contributed by atoms with E-state index < -0.39 is 0 Å². The molecule has 23 heavy (non-hydrogen) atoms. The molecule has 3 heterocycles. The number of aromatic nitrogens is 2. The molecule has 5 heteroatoms. The Morgan fingerprint density at radius 1 is 1.30 bits per heavy atom. The fraction of sp³-hybridized carbons (Fsp3) is 0.778. The molecule has 4 rings (SSSR count). The van der Waals surface area contributed by atoms with Gasteiger partial charge >= 0.3 is 0 Å². The smallest absolute Gasteiger partial charge is 0.131 e. The zero-order valence-electron chi connectivity index (χ0n) is 13.8. The van der Waals surface area contributed by atoms with Gasteiger partial charge in [0.1, 0.15) is 12.1 Å². The minimum atomic E-state index is 0.130. The second kappa shape index (κ2) is 6.73. The summed E-state index contributed by atoms with van der Waals surface area (Å²) in [5, 5.41) is 0. The van der Waals surface area contributed by atoms with Gasteiger partial charge in [-0.15, -0.1) is 0 Å². The van der Waals surface area contributed by atoms with Crippen molar-refractivity contribution < 1.29 is 9.47 Å². The minimum absolute atomic E-state index is 0.130. The van der Waals surface area contributed by atoms with Gasteiger partial charge in [-0.1, -0.05) is 6.42 Å². The lowest BCUT2D eigenvalue weighted by Crippen LogP contribution is -2.57. The lowest BCUT2D eigenvalue weighted by Gasteiger charge is -2.50. The molecule has 2 aliphatic heterocycles. The molecule has 0 N–H and O–H groups in total. The molecule has 1 aromatic heterocycles. The number of rotatable bonds is 5. The summed E-state index contributed by atoms with van der Waals surface area (Å²) in [5.74, 6) is 1.83. The summed E-state index contributed by atoms with van der Waals surface area (Å²) < 4.78 is 12.3. The minimum Gasteiger partial charge on any atom is -0.380 e. The van der Waals surface area contributed by atoms with Crippen molar-refractivity contribution in [3.05, 3.63) is 18.6 Å².